The topological polar surface area (TPSA) is 55.7 Å². The van der Waals surface area contributed by atoms with Gasteiger partial charge in [0, 0.05) is 11.8 Å². The SMILES string of the molecule is COc1ccc(/C(C)=N/Nc2ncc(Cl)cc2Cl)cc1OC. The van der Waals surface area contributed by atoms with Gasteiger partial charge in [-0.2, -0.15) is 5.10 Å². The highest BCUT2D eigenvalue weighted by atomic mass is 35.5. The van der Waals surface area contributed by atoms with Crippen molar-refractivity contribution >= 4 is 34.7 Å². The smallest absolute Gasteiger partial charge is 0.165 e. The van der Waals surface area contributed by atoms with Crippen LogP contribution in [0.5, 0.6) is 11.5 Å². The summed E-state index contributed by atoms with van der Waals surface area (Å²) in [6.45, 7) is 1.86. The van der Waals surface area contributed by atoms with Crippen LogP contribution in [-0.4, -0.2) is 24.9 Å². The van der Waals surface area contributed by atoms with Crippen LogP contribution >= 0.6 is 23.2 Å². The average Bonchev–Trinajstić information content (AvgIpc) is 2.53. The number of methoxy groups -OCH3 is 2. The number of anilines is 1. The van der Waals surface area contributed by atoms with Gasteiger partial charge >= 0.3 is 0 Å². The van der Waals surface area contributed by atoms with Crippen LogP contribution in [0.15, 0.2) is 35.6 Å². The highest BCUT2D eigenvalue weighted by Gasteiger charge is 2.07. The molecule has 2 aromatic rings. The summed E-state index contributed by atoms with van der Waals surface area (Å²) < 4.78 is 10.5. The lowest BCUT2D eigenvalue weighted by molar-refractivity contribution is 0.355. The van der Waals surface area contributed by atoms with Gasteiger partial charge < -0.3 is 9.47 Å². The van der Waals surface area contributed by atoms with E-state index in [0.717, 1.165) is 11.3 Å². The second-order valence-electron chi connectivity index (χ2n) is 4.36. The molecule has 1 aromatic heterocycles. The van der Waals surface area contributed by atoms with Crippen molar-refractivity contribution < 1.29 is 9.47 Å². The molecule has 0 bridgehead atoms. The number of pyridine rings is 1. The highest BCUT2D eigenvalue weighted by Crippen LogP contribution is 2.28. The molecule has 116 valence electrons. The second kappa shape index (κ2) is 7.33. The molecule has 22 heavy (non-hydrogen) atoms. The van der Waals surface area contributed by atoms with Crippen molar-refractivity contribution in [1.82, 2.24) is 4.98 Å². The van der Waals surface area contributed by atoms with Crippen molar-refractivity contribution in [1.29, 1.82) is 0 Å². The molecule has 0 radical (unpaired) electrons. The Hall–Kier alpha value is -1.98. The first kappa shape index (κ1) is 16.4. The minimum atomic E-state index is 0.399. The Balaban J connectivity index is 2.21. The van der Waals surface area contributed by atoms with Gasteiger partial charge in [-0.05, 0) is 31.2 Å². The molecular formula is C15H15Cl2N3O2. The predicted molar refractivity (Wildman–Crippen MR) is 89.6 cm³/mol. The Morgan fingerprint density at radius 1 is 1.14 bits per heavy atom. The molecule has 2 rings (SSSR count). The van der Waals surface area contributed by atoms with Crippen LogP contribution < -0.4 is 14.9 Å². The number of ether oxygens (including phenoxy) is 2. The van der Waals surface area contributed by atoms with Crippen molar-refractivity contribution in [2.24, 2.45) is 5.10 Å². The molecule has 0 saturated carbocycles. The highest BCUT2D eigenvalue weighted by molar-refractivity contribution is 6.35. The number of nitrogens with one attached hydrogen (secondary N) is 1. The molecule has 0 aliphatic carbocycles. The molecular weight excluding hydrogens is 325 g/mol. The fraction of sp³-hybridized carbons (Fsp3) is 0.200. The van der Waals surface area contributed by atoms with E-state index in [1.165, 1.54) is 6.20 Å². The van der Waals surface area contributed by atoms with Crippen molar-refractivity contribution in [3.8, 4) is 11.5 Å². The molecule has 0 spiro atoms. The fourth-order valence-electron chi connectivity index (χ4n) is 1.76. The lowest BCUT2D eigenvalue weighted by Gasteiger charge is -2.10. The summed E-state index contributed by atoms with van der Waals surface area (Å²) in [4.78, 5) is 4.08. The standard InChI is InChI=1S/C15H15Cl2N3O2/c1-9(10-4-5-13(21-2)14(6-10)22-3)19-20-15-12(17)7-11(16)8-18-15/h4-8H,1-3H3,(H,18,20)/b19-9+. The number of hydrazone groups is 1. The first-order valence-corrected chi connectivity index (χ1v) is 7.14. The summed E-state index contributed by atoms with van der Waals surface area (Å²) in [5.74, 6) is 1.73. The van der Waals surface area contributed by atoms with Gasteiger partial charge in [-0.15, -0.1) is 0 Å². The Morgan fingerprint density at radius 3 is 2.50 bits per heavy atom. The van der Waals surface area contributed by atoms with E-state index >= 15 is 0 Å². The van der Waals surface area contributed by atoms with Crippen molar-refractivity contribution in [3.63, 3.8) is 0 Å². The molecule has 0 fully saturated rings. The van der Waals surface area contributed by atoms with Gasteiger partial charge in [-0.3, -0.25) is 5.43 Å². The van der Waals surface area contributed by atoms with Gasteiger partial charge in [0.25, 0.3) is 0 Å². The van der Waals surface area contributed by atoms with Crippen LogP contribution in [0.2, 0.25) is 10.0 Å². The molecule has 5 nitrogen and oxygen atoms in total. The van der Waals surface area contributed by atoms with Crippen LogP contribution in [0.3, 0.4) is 0 Å². The third-order valence-electron chi connectivity index (χ3n) is 2.94. The largest absolute Gasteiger partial charge is 0.493 e. The van der Waals surface area contributed by atoms with Crippen LogP contribution in [0, 0.1) is 0 Å². The van der Waals surface area contributed by atoms with Crippen LogP contribution in [0.1, 0.15) is 12.5 Å². The summed E-state index contributed by atoms with van der Waals surface area (Å²) in [5, 5.41) is 5.13. The molecule has 0 aliphatic heterocycles. The molecule has 7 heteroatoms. The first-order valence-electron chi connectivity index (χ1n) is 6.39. The van der Waals surface area contributed by atoms with Crippen LogP contribution in [-0.2, 0) is 0 Å². The lowest BCUT2D eigenvalue weighted by atomic mass is 10.1. The maximum Gasteiger partial charge on any atom is 0.165 e. The minimum Gasteiger partial charge on any atom is -0.493 e. The molecule has 0 aliphatic rings. The summed E-state index contributed by atoms with van der Waals surface area (Å²) >= 11 is 11.8. The molecule has 1 aromatic carbocycles. The number of benzene rings is 1. The van der Waals surface area contributed by atoms with Gasteiger partial charge in [-0.25, -0.2) is 4.98 Å². The number of halogens is 2. The monoisotopic (exact) mass is 339 g/mol. The number of hydrogen-bond acceptors (Lipinski definition) is 5. The van der Waals surface area contributed by atoms with Gasteiger partial charge in [-0.1, -0.05) is 23.2 Å². The number of hydrogen-bond donors (Lipinski definition) is 1. The van der Waals surface area contributed by atoms with E-state index in [2.05, 4.69) is 15.5 Å². The quantitative estimate of drug-likeness (QED) is 0.653. The Kier molecular flexibility index (Phi) is 5.46. The zero-order chi connectivity index (χ0) is 16.1. The van der Waals surface area contributed by atoms with Crippen LogP contribution in [0.4, 0.5) is 5.82 Å². The third kappa shape index (κ3) is 3.81. The first-order chi connectivity index (χ1) is 10.5. The summed E-state index contributed by atoms with van der Waals surface area (Å²) in [6, 6.07) is 7.15. The van der Waals surface area contributed by atoms with Crippen molar-refractivity contribution in [3.05, 3.63) is 46.1 Å². The molecule has 0 amide bonds. The Labute approximate surface area is 138 Å². The number of aromatic nitrogens is 1. The predicted octanol–water partition coefficient (Wildman–Crippen LogP) is 4.24. The van der Waals surface area contributed by atoms with Gasteiger partial charge in [0.15, 0.2) is 17.3 Å². The summed E-state index contributed by atoms with van der Waals surface area (Å²) in [6.07, 6.45) is 1.50. The van der Waals surface area contributed by atoms with E-state index in [4.69, 9.17) is 32.7 Å². The van der Waals surface area contributed by atoms with Crippen LogP contribution in [0.25, 0.3) is 0 Å². The average molecular weight is 340 g/mol. The Bertz CT molecular complexity index is 705. The number of rotatable bonds is 5. The van der Waals surface area contributed by atoms with E-state index in [-0.39, 0.29) is 0 Å². The minimum absolute atomic E-state index is 0.399. The summed E-state index contributed by atoms with van der Waals surface area (Å²) in [5.41, 5.74) is 4.45. The molecule has 0 unspecified atom stereocenters. The van der Waals surface area contributed by atoms with Crippen molar-refractivity contribution in [2.75, 3.05) is 19.6 Å². The lowest BCUT2D eigenvalue weighted by Crippen LogP contribution is -2.02. The van der Waals surface area contributed by atoms with E-state index < -0.39 is 0 Å². The zero-order valence-electron chi connectivity index (χ0n) is 12.4. The third-order valence-corrected chi connectivity index (χ3v) is 3.43. The number of nitrogens with zero attached hydrogens (tertiary/aromatic N) is 2. The fourth-order valence-corrected chi connectivity index (χ4v) is 2.18. The maximum atomic E-state index is 6.03. The van der Waals surface area contributed by atoms with E-state index in [1.54, 1.807) is 20.3 Å². The van der Waals surface area contributed by atoms with Gasteiger partial charge in [0.2, 0.25) is 0 Å². The van der Waals surface area contributed by atoms with Gasteiger partial charge in [0.05, 0.1) is 30.0 Å². The second-order valence-corrected chi connectivity index (χ2v) is 5.21. The molecule has 1 heterocycles. The van der Waals surface area contributed by atoms with Crippen molar-refractivity contribution in [2.45, 2.75) is 6.92 Å². The summed E-state index contributed by atoms with van der Waals surface area (Å²) in [7, 11) is 3.18. The molecule has 0 saturated heterocycles. The Morgan fingerprint density at radius 2 is 1.86 bits per heavy atom. The normalized spacial score (nSPS) is 11.2. The van der Waals surface area contributed by atoms with E-state index in [9.17, 15) is 0 Å². The maximum absolute atomic E-state index is 6.03. The van der Waals surface area contributed by atoms with E-state index in [1.807, 2.05) is 25.1 Å². The van der Waals surface area contributed by atoms with E-state index in [0.29, 0.717) is 27.4 Å². The molecule has 0 atom stereocenters. The molecule has 1 N–H and O–H groups in total. The zero-order valence-corrected chi connectivity index (χ0v) is 13.9. The van der Waals surface area contributed by atoms with Gasteiger partial charge in [0.1, 0.15) is 0 Å².